The van der Waals surface area contributed by atoms with E-state index in [1.165, 1.54) is 18.1 Å². The average molecular weight is 369 g/mol. The monoisotopic (exact) mass is 369 g/mol. The first kappa shape index (κ1) is 19.7. The molecule has 0 heterocycles. The molecule has 0 radical (unpaired) electrons. The Morgan fingerprint density at radius 3 is 2.27 bits per heavy atom. The van der Waals surface area contributed by atoms with Gasteiger partial charge in [0.05, 0.1) is 11.5 Å². The molecule has 0 aromatic heterocycles. The third-order valence-electron chi connectivity index (χ3n) is 3.59. The number of benzene rings is 2. The van der Waals surface area contributed by atoms with Gasteiger partial charge in [0.2, 0.25) is 11.8 Å². The molecular formula is C20H23N3O2S. The number of hydrazone groups is 1. The number of amides is 2. The van der Waals surface area contributed by atoms with Crippen molar-refractivity contribution in [1.82, 2.24) is 5.43 Å². The Labute approximate surface area is 158 Å². The molecule has 0 saturated heterocycles. The van der Waals surface area contributed by atoms with Gasteiger partial charge in [0.1, 0.15) is 0 Å². The summed E-state index contributed by atoms with van der Waals surface area (Å²) in [5.41, 5.74) is 7.32. The SMILES string of the molecule is CC(=O)Nc1ccc(/C(C)=N\NC(=O)CSCc2ccc(C)cc2)cc1. The molecule has 0 saturated carbocycles. The van der Waals surface area contributed by atoms with E-state index < -0.39 is 0 Å². The minimum absolute atomic E-state index is 0.112. The van der Waals surface area contributed by atoms with Crippen molar-refractivity contribution in [2.75, 3.05) is 11.1 Å². The highest BCUT2D eigenvalue weighted by molar-refractivity contribution is 7.99. The van der Waals surface area contributed by atoms with Gasteiger partial charge in [-0.05, 0) is 37.1 Å². The van der Waals surface area contributed by atoms with Gasteiger partial charge in [0, 0.05) is 18.4 Å². The quantitative estimate of drug-likeness (QED) is 0.577. The molecule has 5 nitrogen and oxygen atoms in total. The standard InChI is InChI=1S/C20H23N3O2S/c1-14-4-6-17(7-5-14)12-26-13-20(25)23-22-15(2)18-8-10-19(11-9-18)21-16(3)24/h4-11H,12-13H2,1-3H3,(H,21,24)(H,23,25)/b22-15-. The van der Waals surface area contributed by atoms with Crippen molar-refractivity contribution in [2.24, 2.45) is 5.10 Å². The van der Waals surface area contributed by atoms with Crippen LogP contribution in [0.5, 0.6) is 0 Å². The van der Waals surface area contributed by atoms with Gasteiger partial charge in [-0.3, -0.25) is 9.59 Å². The maximum absolute atomic E-state index is 11.9. The Kier molecular flexibility index (Phi) is 7.41. The first-order chi connectivity index (χ1) is 12.4. The number of nitrogens with zero attached hydrogens (tertiary/aromatic N) is 1. The van der Waals surface area contributed by atoms with Gasteiger partial charge in [0.25, 0.3) is 0 Å². The zero-order valence-electron chi connectivity index (χ0n) is 15.2. The Morgan fingerprint density at radius 1 is 1.00 bits per heavy atom. The van der Waals surface area contributed by atoms with Gasteiger partial charge in [0.15, 0.2) is 0 Å². The molecule has 0 atom stereocenters. The Hall–Kier alpha value is -2.60. The van der Waals surface area contributed by atoms with Crippen LogP contribution in [0.1, 0.15) is 30.5 Å². The summed E-state index contributed by atoms with van der Waals surface area (Å²) in [7, 11) is 0. The van der Waals surface area contributed by atoms with Crippen molar-refractivity contribution in [3.05, 3.63) is 65.2 Å². The van der Waals surface area contributed by atoms with Crippen LogP contribution in [0, 0.1) is 6.92 Å². The molecule has 6 heteroatoms. The molecule has 2 amide bonds. The maximum Gasteiger partial charge on any atom is 0.250 e. The topological polar surface area (TPSA) is 70.6 Å². The molecule has 0 aliphatic carbocycles. The van der Waals surface area contributed by atoms with Crippen LogP contribution in [0.4, 0.5) is 5.69 Å². The van der Waals surface area contributed by atoms with E-state index in [4.69, 9.17) is 0 Å². The summed E-state index contributed by atoms with van der Waals surface area (Å²) in [4.78, 5) is 22.9. The molecule has 2 N–H and O–H groups in total. The zero-order chi connectivity index (χ0) is 18.9. The van der Waals surface area contributed by atoms with E-state index in [1.54, 1.807) is 23.9 Å². The molecule has 0 bridgehead atoms. The van der Waals surface area contributed by atoms with Crippen molar-refractivity contribution in [2.45, 2.75) is 26.5 Å². The number of hydrogen-bond acceptors (Lipinski definition) is 4. The lowest BCUT2D eigenvalue weighted by molar-refractivity contribution is -0.118. The number of carbonyl (C=O) groups is 2. The van der Waals surface area contributed by atoms with E-state index in [-0.39, 0.29) is 11.8 Å². The number of nitrogens with one attached hydrogen (secondary N) is 2. The van der Waals surface area contributed by atoms with E-state index in [2.05, 4.69) is 47.0 Å². The molecule has 26 heavy (non-hydrogen) atoms. The second-order valence-corrected chi connectivity index (χ2v) is 6.95. The summed E-state index contributed by atoms with van der Waals surface area (Å²) in [6.45, 7) is 5.35. The van der Waals surface area contributed by atoms with E-state index in [9.17, 15) is 9.59 Å². The van der Waals surface area contributed by atoms with Crippen molar-refractivity contribution in [1.29, 1.82) is 0 Å². The van der Waals surface area contributed by atoms with Crippen molar-refractivity contribution in [3.63, 3.8) is 0 Å². The van der Waals surface area contributed by atoms with E-state index in [1.807, 2.05) is 19.1 Å². The predicted octanol–water partition coefficient (Wildman–Crippen LogP) is 3.73. The van der Waals surface area contributed by atoms with E-state index >= 15 is 0 Å². The summed E-state index contributed by atoms with van der Waals surface area (Å²) in [5.74, 6) is 0.905. The fourth-order valence-electron chi connectivity index (χ4n) is 2.19. The van der Waals surface area contributed by atoms with Gasteiger partial charge >= 0.3 is 0 Å². The summed E-state index contributed by atoms with van der Waals surface area (Å²) < 4.78 is 0. The number of carbonyl (C=O) groups excluding carboxylic acids is 2. The Balaban J connectivity index is 1.79. The van der Waals surface area contributed by atoms with Crippen molar-refractivity contribution in [3.8, 4) is 0 Å². The van der Waals surface area contributed by atoms with E-state index in [0.29, 0.717) is 11.5 Å². The summed E-state index contributed by atoms with van der Waals surface area (Å²) in [6.07, 6.45) is 0. The van der Waals surface area contributed by atoms with Crippen LogP contribution < -0.4 is 10.7 Å². The van der Waals surface area contributed by atoms with Crippen LogP contribution in [0.2, 0.25) is 0 Å². The molecule has 136 valence electrons. The summed E-state index contributed by atoms with van der Waals surface area (Å²) in [6, 6.07) is 15.6. The van der Waals surface area contributed by atoms with E-state index in [0.717, 1.165) is 17.0 Å². The number of thioether (sulfide) groups is 1. The highest BCUT2D eigenvalue weighted by atomic mass is 32.2. The van der Waals surface area contributed by atoms with Crippen LogP contribution in [0.3, 0.4) is 0 Å². The Morgan fingerprint density at radius 2 is 1.65 bits per heavy atom. The minimum Gasteiger partial charge on any atom is -0.326 e. The van der Waals surface area contributed by atoms with Gasteiger partial charge in [-0.15, -0.1) is 11.8 Å². The van der Waals surface area contributed by atoms with Gasteiger partial charge < -0.3 is 5.32 Å². The van der Waals surface area contributed by atoms with Crippen LogP contribution in [0.15, 0.2) is 53.6 Å². The molecule has 0 unspecified atom stereocenters. The second kappa shape index (κ2) is 9.77. The number of aryl methyl sites for hydroxylation is 1. The largest absolute Gasteiger partial charge is 0.326 e. The molecule has 2 aromatic rings. The second-order valence-electron chi connectivity index (χ2n) is 5.97. The lowest BCUT2D eigenvalue weighted by Crippen LogP contribution is -2.21. The Bertz CT molecular complexity index is 784. The average Bonchev–Trinajstić information content (AvgIpc) is 2.61. The lowest BCUT2D eigenvalue weighted by atomic mass is 10.1. The third kappa shape index (κ3) is 6.72. The smallest absolute Gasteiger partial charge is 0.250 e. The minimum atomic E-state index is -0.128. The van der Waals surface area contributed by atoms with Crippen molar-refractivity contribution >= 4 is 35.0 Å². The van der Waals surface area contributed by atoms with Gasteiger partial charge in [-0.2, -0.15) is 5.10 Å². The lowest BCUT2D eigenvalue weighted by Gasteiger charge is -2.05. The number of rotatable bonds is 7. The number of hydrogen-bond donors (Lipinski definition) is 2. The molecule has 0 aliphatic heterocycles. The summed E-state index contributed by atoms with van der Waals surface area (Å²) >= 11 is 1.55. The normalized spacial score (nSPS) is 11.1. The van der Waals surface area contributed by atoms with Crippen LogP contribution >= 0.6 is 11.8 Å². The maximum atomic E-state index is 11.9. The van der Waals surface area contributed by atoms with Gasteiger partial charge in [-0.25, -0.2) is 5.43 Å². The third-order valence-corrected chi connectivity index (χ3v) is 4.60. The number of anilines is 1. The molecule has 0 spiro atoms. The summed E-state index contributed by atoms with van der Waals surface area (Å²) in [5, 5.41) is 6.85. The first-order valence-electron chi connectivity index (χ1n) is 8.28. The highest BCUT2D eigenvalue weighted by Gasteiger charge is 2.03. The van der Waals surface area contributed by atoms with Gasteiger partial charge in [-0.1, -0.05) is 42.0 Å². The molecule has 2 aromatic carbocycles. The molecular weight excluding hydrogens is 346 g/mol. The zero-order valence-corrected chi connectivity index (χ0v) is 16.0. The fraction of sp³-hybridized carbons (Fsp3) is 0.250. The van der Waals surface area contributed by atoms with Crippen LogP contribution in [-0.2, 0) is 15.3 Å². The molecule has 2 rings (SSSR count). The van der Waals surface area contributed by atoms with Crippen LogP contribution in [0.25, 0.3) is 0 Å². The highest BCUT2D eigenvalue weighted by Crippen LogP contribution is 2.13. The van der Waals surface area contributed by atoms with Crippen molar-refractivity contribution < 1.29 is 9.59 Å². The predicted molar refractivity (Wildman–Crippen MR) is 108 cm³/mol. The fourth-order valence-corrected chi connectivity index (χ4v) is 2.97. The first-order valence-corrected chi connectivity index (χ1v) is 9.44. The van der Waals surface area contributed by atoms with Crippen LogP contribution in [-0.4, -0.2) is 23.3 Å². The molecule has 0 aliphatic rings. The molecule has 0 fully saturated rings.